The molecule has 35 heavy (non-hydrogen) atoms. The van der Waals surface area contributed by atoms with Crippen molar-refractivity contribution in [2.24, 2.45) is 7.05 Å². The average molecular weight is 523 g/mol. The molecule has 0 aliphatic heterocycles. The van der Waals surface area contributed by atoms with Gasteiger partial charge in [-0.2, -0.15) is 0 Å². The molecule has 0 aliphatic rings. The van der Waals surface area contributed by atoms with Gasteiger partial charge in [-0.05, 0) is 77.6 Å². The lowest BCUT2D eigenvalue weighted by molar-refractivity contribution is 0.117. The topological polar surface area (TPSA) is 50.9 Å². The lowest BCUT2D eigenvalue weighted by atomic mass is 9.82. The minimum absolute atomic E-state index is 0.436. The van der Waals surface area contributed by atoms with Crippen LogP contribution < -0.4 is 0 Å². The summed E-state index contributed by atoms with van der Waals surface area (Å²) < 4.78 is 1.82. The average Bonchev–Trinajstić information content (AvgIpc) is 3.28. The van der Waals surface area contributed by atoms with Gasteiger partial charge in [0.1, 0.15) is 5.15 Å². The van der Waals surface area contributed by atoms with E-state index in [0.717, 1.165) is 34.9 Å². The summed E-state index contributed by atoms with van der Waals surface area (Å²) in [7, 11) is 1.86. The summed E-state index contributed by atoms with van der Waals surface area (Å²) in [6.07, 6.45) is 4.89. The molecule has 7 heteroatoms. The van der Waals surface area contributed by atoms with Gasteiger partial charge >= 0.3 is 0 Å². The summed E-state index contributed by atoms with van der Waals surface area (Å²) in [4.78, 5) is 8.78. The summed E-state index contributed by atoms with van der Waals surface area (Å²) in [6.45, 7) is 0. The Labute approximate surface area is 218 Å². The van der Waals surface area contributed by atoms with E-state index in [1.54, 1.807) is 24.7 Å². The molecule has 0 bridgehead atoms. The zero-order chi connectivity index (χ0) is 24.6. The van der Waals surface area contributed by atoms with Crippen LogP contribution in [-0.4, -0.2) is 19.6 Å². The first-order chi connectivity index (χ1) is 16.8. The number of aromatic nitrogens is 3. The number of benzene rings is 3. The molecule has 5 aromatic rings. The van der Waals surface area contributed by atoms with Crippen molar-refractivity contribution in [3.63, 3.8) is 0 Å². The van der Waals surface area contributed by atoms with Crippen LogP contribution >= 0.6 is 34.8 Å². The van der Waals surface area contributed by atoms with Crippen molar-refractivity contribution in [2.45, 2.75) is 18.4 Å². The van der Waals surface area contributed by atoms with Crippen LogP contribution in [0.3, 0.4) is 0 Å². The van der Waals surface area contributed by atoms with Crippen molar-refractivity contribution in [1.29, 1.82) is 0 Å². The highest BCUT2D eigenvalue weighted by Gasteiger charge is 2.36. The van der Waals surface area contributed by atoms with Crippen LogP contribution in [0.15, 0.2) is 85.3 Å². The first kappa shape index (κ1) is 23.8. The molecule has 1 atom stereocenters. The molecular weight excluding hydrogens is 501 g/mol. The fourth-order valence-corrected chi connectivity index (χ4v) is 5.08. The van der Waals surface area contributed by atoms with Gasteiger partial charge in [0, 0.05) is 22.5 Å². The van der Waals surface area contributed by atoms with Gasteiger partial charge in [0.25, 0.3) is 0 Å². The van der Waals surface area contributed by atoms with Crippen LogP contribution in [0, 0.1) is 0 Å². The number of hydrogen-bond acceptors (Lipinski definition) is 3. The van der Waals surface area contributed by atoms with Crippen molar-refractivity contribution >= 4 is 45.7 Å². The molecule has 2 heterocycles. The third-order valence-corrected chi connectivity index (χ3v) is 6.98. The Hall–Kier alpha value is -2.89. The Bertz CT molecular complexity index is 1510. The van der Waals surface area contributed by atoms with Crippen molar-refractivity contribution in [1.82, 2.24) is 14.5 Å². The third kappa shape index (κ3) is 4.67. The largest absolute Gasteiger partial charge is 0.374 e. The molecule has 0 amide bonds. The van der Waals surface area contributed by atoms with Gasteiger partial charge in [0.15, 0.2) is 5.60 Å². The van der Waals surface area contributed by atoms with Crippen molar-refractivity contribution < 1.29 is 5.11 Å². The molecule has 0 saturated heterocycles. The lowest BCUT2D eigenvalue weighted by Gasteiger charge is -2.30. The lowest BCUT2D eigenvalue weighted by Crippen LogP contribution is -2.31. The maximum atomic E-state index is 12.3. The van der Waals surface area contributed by atoms with E-state index in [-0.39, 0.29) is 0 Å². The maximum absolute atomic E-state index is 12.3. The first-order valence-corrected chi connectivity index (χ1v) is 12.3. The molecule has 2 aromatic heterocycles. The molecule has 4 nitrogen and oxygen atoms in total. The molecule has 3 aromatic carbocycles. The second-order valence-corrected chi connectivity index (χ2v) is 9.83. The summed E-state index contributed by atoms with van der Waals surface area (Å²) >= 11 is 18.7. The second kappa shape index (κ2) is 9.63. The van der Waals surface area contributed by atoms with Crippen LogP contribution in [0.1, 0.15) is 27.9 Å². The SMILES string of the molecule is Cn1cncc1C(O)(c1ccc(Cl)cc1)c1ccc2nc(Cl)cc(CCc3cccc(Cl)c3)c2c1. The normalized spacial score (nSPS) is 13.2. The van der Waals surface area contributed by atoms with Crippen LogP contribution in [-0.2, 0) is 25.5 Å². The molecule has 0 spiro atoms. The van der Waals surface area contributed by atoms with Gasteiger partial charge in [-0.15, -0.1) is 0 Å². The fraction of sp³-hybridized carbons (Fsp3) is 0.143. The van der Waals surface area contributed by atoms with Crippen LogP contribution in [0.25, 0.3) is 10.9 Å². The van der Waals surface area contributed by atoms with Gasteiger partial charge in [-0.1, -0.05) is 65.1 Å². The van der Waals surface area contributed by atoms with E-state index < -0.39 is 5.60 Å². The van der Waals surface area contributed by atoms with E-state index in [1.807, 2.05) is 66.2 Å². The molecule has 176 valence electrons. The van der Waals surface area contributed by atoms with E-state index >= 15 is 0 Å². The zero-order valence-electron chi connectivity index (χ0n) is 18.9. The Morgan fingerprint density at radius 3 is 2.34 bits per heavy atom. The fourth-order valence-electron chi connectivity index (χ4n) is 4.52. The highest BCUT2D eigenvalue weighted by atomic mass is 35.5. The number of aliphatic hydroxyl groups is 1. The predicted octanol–water partition coefficient (Wildman–Crippen LogP) is 7.00. The summed E-state index contributed by atoms with van der Waals surface area (Å²) in [5.41, 5.74) is 3.53. The predicted molar refractivity (Wildman–Crippen MR) is 142 cm³/mol. The number of rotatable bonds is 6. The maximum Gasteiger partial charge on any atom is 0.156 e. The van der Waals surface area contributed by atoms with Crippen LogP contribution in [0.5, 0.6) is 0 Å². The van der Waals surface area contributed by atoms with Gasteiger partial charge in [-0.25, -0.2) is 9.97 Å². The number of hydrogen-bond donors (Lipinski definition) is 1. The highest BCUT2D eigenvalue weighted by Crippen LogP contribution is 2.38. The monoisotopic (exact) mass is 521 g/mol. The quantitative estimate of drug-likeness (QED) is 0.244. The molecule has 0 saturated carbocycles. The molecule has 0 fully saturated rings. The summed E-state index contributed by atoms with van der Waals surface area (Å²) in [5, 5.41) is 14.9. The van der Waals surface area contributed by atoms with Gasteiger partial charge in [0.2, 0.25) is 0 Å². The van der Waals surface area contributed by atoms with Crippen LogP contribution in [0.2, 0.25) is 15.2 Å². The van der Waals surface area contributed by atoms with Crippen molar-refractivity contribution in [3.05, 3.63) is 128 Å². The second-order valence-electron chi connectivity index (χ2n) is 8.57. The Kier molecular flexibility index (Phi) is 6.56. The zero-order valence-corrected chi connectivity index (χ0v) is 21.2. The Morgan fingerprint density at radius 2 is 1.63 bits per heavy atom. The van der Waals surface area contributed by atoms with Crippen molar-refractivity contribution in [3.8, 4) is 0 Å². The van der Waals surface area contributed by atoms with E-state index in [2.05, 4.69) is 16.0 Å². The van der Waals surface area contributed by atoms with E-state index in [0.29, 0.717) is 32.0 Å². The summed E-state index contributed by atoms with van der Waals surface area (Å²) in [5.74, 6) is 0. The third-order valence-electron chi connectivity index (χ3n) is 6.30. The standard InChI is InChI=1S/C28H22Cl3N3O/c1-34-17-32-16-26(34)28(35,20-7-10-22(29)11-8-20)21-9-12-25-24(15-21)19(14-27(31)33-25)6-5-18-3-2-4-23(30)13-18/h2-4,7-17,35H,5-6H2,1H3. The van der Waals surface area contributed by atoms with Gasteiger partial charge in [0.05, 0.1) is 23.7 Å². The molecule has 5 rings (SSSR count). The minimum Gasteiger partial charge on any atom is -0.374 e. The number of halogens is 3. The highest BCUT2D eigenvalue weighted by molar-refractivity contribution is 6.31. The number of aryl methyl sites for hydroxylation is 3. The Balaban J connectivity index is 1.64. The van der Waals surface area contributed by atoms with Gasteiger partial charge < -0.3 is 9.67 Å². The molecule has 1 N–H and O–H groups in total. The molecule has 0 aliphatic carbocycles. The molecule has 1 unspecified atom stereocenters. The first-order valence-electron chi connectivity index (χ1n) is 11.1. The number of pyridine rings is 1. The minimum atomic E-state index is -1.45. The number of fused-ring (bicyclic) bond motifs is 1. The summed E-state index contributed by atoms with van der Waals surface area (Å²) in [6, 6.07) is 22.7. The van der Waals surface area contributed by atoms with E-state index in [4.69, 9.17) is 34.8 Å². The van der Waals surface area contributed by atoms with E-state index in [1.165, 1.54) is 0 Å². The Morgan fingerprint density at radius 1 is 0.857 bits per heavy atom. The van der Waals surface area contributed by atoms with Gasteiger partial charge in [-0.3, -0.25) is 0 Å². The van der Waals surface area contributed by atoms with Crippen molar-refractivity contribution in [2.75, 3.05) is 0 Å². The van der Waals surface area contributed by atoms with E-state index in [9.17, 15) is 5.11 Å². The number of nitrogens with zero attached hydrogens (tertiary/aromatic N) is 3. The molecular formula is C28H22Cl3N3O. The smallest absolute Gasteiger partial charge is 0.156 e. The number of imidazole rings is 1. The van der Waals surface area contributed by atoms with Crippen LogP contribution in [0.4, 0.5) is 0 Å². The molecule has 0 radical (unpaired) electrons.